The molecule has 0 bridgehead atoms. The number of aliphatic hydroxyl groups is 1. The van der Waals surface area contributed by atoms with Crippen LogP contribution in [0.1, 0.15) is 5.56 Å². The molecule has 0 heterocycles. The number of ether oxygens (including phenoxy) is 3. The van der Waals surface area contributed by atoms with Gasteiger partial charge in [0.25, 0.3) is 5.91 Å². The molecule has 0 saturated heterocycles. The number of carbonyl (C=O) groups is 1. The Balaban J connectivity index is 1.59. The summed E-state index contributed by atoms with van der Waals surface area (Å²) in [6.45, 7) is 2.50. The number of rotatable bonds is 14. The molecule has 2 N–H and O–H groups in total. The first-order chi connectivity index (χ1) is 14.6. The molecule has 0 aliphatic heterocycles. The number of benzene rings is 2. The molecule has 0 aliphatic rings. The smallest absolute Gasteiger partial charge is 0.260 e. The Hall–Kier alpha value is -2.61. The van der Waals surface area contributed by atoms with Crippen LogP contribution < -0.4 is 14.8 Å². The maximum Gasteiger partial charge on any atom is 0.260 e. The zero-order valence-electron chi connectivity index (χ0n) is 17.8. The van der Waals surface area contributed by atoms with E-state index in [1.54, 1.807) is 19.1 Å². The Morgan fingerprint density at radius 3 is 2.47 bits per heavy atom. The van der Waals surface area contributed by atoms with Gasteiger partial charge < -0.3 is 29.5 Å². The highest BCUT2D eigenvalue weighted by Crippen LogP contribution is 2.12. The summed E-state index contributed by atoms with van der Waals surface area (Å²) < 4.78 is 16.0. The summed E-state index contributed by atoms with van der Waals surface area (Å²) in [5, 5.41) is 13.2. The first-order valence-corrected chi connectivity index (χ1v) is 10.1. The van der Waals surface area contributed by atoms with Gasteiger partial charge in [-0.05, 0) is 42.8 Å². The molecule has 2 rings (SSSR count). The Labute approximate surface area is 178 Å². The minimum atomic E-state index is -0.569. The maximum absolute atomic E-state index is 12.0. The molecule has 0 saturated carbocycles. The van der Waals surface area contributed by atoms with Crippen LogP contribution in [0.5, 0.6) is 11.5 Å². The molecule has 164 valence electrons. The van der Waals surface area contributed by atoms with Gasteiger partial charge >= 0.3 is 0 Å². The Morgan fingerprint density at radius 2 is 1.77 bits per heavy atom. The largest absolute Gasteiger partial charge is 0.491 e. The lowest BCUT2D eigenvalue weighted by Crippen LogP contribution is -2.33. The summed E-state index contributed by atoms with van der Waals surface area (Å²) >= 11 is 0. The molecular formula is C23H32N2O5. The van der Waals surface area contributed by atoms with Crippen LogP contribution in [0.25, 0.3) is 0 Å². The lowest BCUT2D eigenvalue weighted by atomic mass is 10.1. The molecule has 0 aromatic heterocycles. The number of nitrogens with zero attached hydrogens (tertiary/aromatic N) is 1. The molecule has 2 aromatic rings. The first kappa shape index (κ1) is 23.7. The Morgan fingerprint density at radius 1 is 1.07 bits per heavy atom. The van der Waals surface area contributed by atoms with Crippen molar-refractivity contribution in [2.24, 2.45) is 0 Å². The van der Waals surface area contributed by atoms with E-state index in [1.165, 1.54) is 0 Å². The molecular weight excluding hydrogens is 384 g/mol. The van der Waals surface area contributed by atoms with Gasteiger partial charge in [-0.15, -0.1) is 0 Å². The highest BCUT2D eigenvalue weighted by Gasteiger charge is 2.09. The minimum Gasteiger partial charge on any atom is -0.491 e. The highest BCUT2D eigenvalue weighted by molar-refractivity contribution is 5.77. The van der Waals surface area contributed by atoms with Crippen LogP contribution in [-0.2, 0) is 16.0 Å². The van der Waals surface area contributed by atoms with Crippen LogP contribution in [0.2, 0.25) is 0 Å². The Bertz CT molecular complexity index is 724. The van der Waals surface area contributed by atoms with Gasteiger partial charge in [-0.1, -0.05) is 30.3 Å². The van der Waals surface area contributed by atoms with E-state index in [2.05, 4.69) is 5.32 Å². The predicted octanol–water partition coefficient (Wildman–Crippen LogP) is 1.74. The number of nitrogens with one attached hydrogen (secondary N) is 1. The van der Waals surface area contributed by atoms with Crippen molar-refractivity contribution in [2.45, 2.75) is 12.5 Å². The number of para-hydroxylation sites is 1. The maximum atomic E-state index is 12.0. The second-order valence-corrected chi connectivity index (χ2v) is 6.97. The summed E-state index contributed by atoms with van der Waals surface area (Å²) in [5.41, 5.74) is 1.15. The number of methoxy groups -OCH3 is 1. The van der Waals surface area contributed by atoms with Gasteiger partial charge in [0, 0.05) is 27.2 Å². The summed E-state index contributed by atoms with van der Waals surface area (Å²) in [6, 6.07) is 17.1. The van der Waals surface area contributed by atoms with Crippen LogP contribution in [0.3, 0.4) is 0 Å². The molecule has 1 atom stereocenters. The first-order valence-electron chi connectivity index (χ1n) is 10.1. The zero-order chi connectivity index (χ0) is 21.6. The van der Waals surface area contributed by atoms with Crippen molar-refractivity contribution in [1.82, 2.24) is 10.2 Å². The van der Waals surface area contributed by atoms with E-state index in [-0.39, 0.29) is 19.1 Å². The van der Waals surface area contributed by atoms with Crippen LogP contribution >= 0.6 is 0 Å². The third kappa shape index (κ3) is 9.26. The second-order valence-electron chi connectivity index (χ2n) is 6.97. The normalized spacial score (nSPS) is 11.7. The molecule has 0 radical (unpaired) electrons. The number of likely N-dealkylation sites (N-methyl/N-ethyl adjacent to an activating group) is 1. The summed E-state index contributed by atoms with van der Waals surface area (Å²) in [4.78, 5) is 13.5. The van der Waals surface area contributed by atoms with Gasteiger partial charge in [0.1, 0.15) is 24.2 Å². The van der Waals surface area contributed by atoms with Crippen molar-refractivity contribution in [2.75, 3.05) is 53.6 Å². The van der Waals surface area contributed by atoms with E-state index >= 15 is 0 Å². The quantitative estimate of drug-likeness (QED) is 0.457. The summed E-state index contributed by atoms with van der Waals surface area (Å²) in [7, 11) is 3.33. The zero-order valence-corrected chi connectivity index (χ0v) is 17.8. The Kier molecular flexibility index (Phi) is 10.7. The van der Waals surface area contributed by atoms with Crippen molar-refractivity contribution in [3.05, 3.63) is 60.2 Å². The fraction of sp³-hybridized carbons (Fsp3) is 0.435. The lowest BCUT2D eigenvalue weighted by Gasteiger charge is -2.17. The molecule has 0 aliphatic carbocycles. The van der Waals surface area contributed by atoms with Gasteiger partial charge in [-0.3, -0.25) is 4.79 Å². The van der Waals surface area contributed by atoms with E-state index in [0.717, 1.165) is 24.3 Å². The fourth-order valence-corrected chi connectivity index (χ4v) is 2.63. The van der Waals surface area contributed by atoms with Crippen molar-refractivity contribution >= 4 is 5.91 Å². The van der Waals surface area contributed by atoms with Crippen molar-refractivity contribution in [1.29, 1.82) is 0 Å². The SMILES string of the molecule is COCCN(C)C(=O)COc1ccc(CCNCC(O)COc2ccccc2)cc1. The second kappa shape index (κ2) is 13.6. The topological polar surface area (TPSA) is 80.3 Å². The van der Waals surface area contributed by atoms with E-state index in [4.69, 9.17) is 14.2 Å². The minimum absolute atomic E-state index is 0.00403. The van der Waals surface area contributed by atoms with E-state index in [1.807, 2.05) is 54.6 Å². The van der Waals surface area contributed by atoms with Gasteiger partial charge in [-0.25, -0.2) is 0 Å². The number of amides is 1. The van der Waals surface area contributed by atoms with Crippen molar-refractivity contribution < 1.29 is 24.1 Å². The molecule has 7 heteroatoms. The van der Waals surface area contributed by atoms with Crippen molar-refractivity contribution in [3.8, 4) is 11.5 Å². The predicted molar refractivity (Wildman–Crippen MR) is 116 cm³/mol. The molecule has 0 spiro atoms. The molecule has 1 unspecified atom stereocenters. The molecule has 0 fully saturated rings. The standard InChI is InChI=1S/C23H32N2O5/c1-25(14-15-28-2)23(27)18-30-22-10-8-19(9-11-22)12-13-24-16-20(26)17-29-21-6-4-3-5-7-21/h3-11,20,24,26H,12-18H2,1-2H3. The highest BCUT2D eigenvalue weighted by atomic mass is 16.5. The van der Waals surface area contributed by atoms with Gasteiger partial charge in [0.2, 0.25) is 0 Å². The van der Waals surface area contributed by atoms with Gasteiger partial charge in [0.15, 0.2) is 6.61 Å². The van der Waals surface area contributed by atoms with Crippen LogP contribution in [-0.4, -0.2) is 75.6 Å². The summed E-state index contributed by atoms with van der Waals surface area (Å²) in [5.74, 6) is 1.32. The third-order valence-electron chi connectivity index (χ3n) is 4.50. The van der Waals surface area contributed by atoms with Crippen LogP contribution in [0, 0.1) is 0 Å². The monoisotopic (exact) mass is 416 g/mol. The molecule has 2 aromatic carbocycles. The average Bonchev–Trinajstić information content (AvgIpc) is 2.78. The number of carbonyl (C=O) groups excluding carboxylic acids is 1. The van der Waals surface area contributed by atoms with E-state index in [0.29, 0.717) is 25.4 Å². The van der Waals surface area contributed by atoms with E-state index in [9.17, 15) is 9.90 Å². The number of hydrogen-bond acceptors (Lipinski definition) is 6. The molecule has 1 amide bonds. The van der Waals surface area contributed by atoms with Crippen molar-refractivity contribution in [3.63, 3.8) is 0 Å². The van der Waals surface area contributed by atoms with E-state index < -0.39 is 6.10 Å². The average molecular weight is 417 g/mol. The molecule has 7 nitrogen and oxygen atoms in total. The van der Waals surface area contributed by atoms with Crippen LogP contribution in [0.4, 0.5) is 0 Å². The van der Waals surface area contributed by atoms with Crippen LogP contribution in [0.15, 0.2) is 54.6 Å². The fourth-order valence-electron chi connectivity index (χ4n) is 2.63. The van der Waals surface area contributed by atoms with Gasteiger partial charge in [0.05, 0.1) is 6.61 Å². The number of hydrogen-bond donors (Lipinski definition) is 2. The van der Waals surface area contributed by atoms with Gasteiger partial charge in [-0.2, -0.15) is 0 Å². The third-order valence-corrected chi connectivity index (χ3v) is 4.50. The molecule has 30 heavy (non-hydrogen) atoms. The number of aliphatic hydroxyl groups excluding tert-OH is 1. The summed E-state index contributed by atoms with van der Waals surface area (Å²) in [6.07, 6.45) is 0.256. The lowest BCUT2D eigenvalue weighted by molar-refractivity contribution is -0.132.